The molecule has 0 spiro atoms. The molecule has 0 aliphatic carbocycles. The number of hydrogen-bond donors (Lipinski definition) is 2. The maximum atomic E-state index is 13.0. The Morgan fingerprint density at radius 2 is 1.81 bits per heavy atom. The molecule has 3 heterocycles. The Morgan fingerprint density at radius 1 is 1.00 bits per heavy atom. The SMILES string of the molecule is O=C1CN(C(=O)c2ccc(NC(=O)c3csc(-c4cccs4)n3)cc2)c2ccccc2N1. The molecule has 0 saturated heterocycles. The van der Waals surface area contributed by atoms with Gasteiger partial charge in [-0.15, -0.1) is 22.7 Å². The van der Waals surface area contributed by atoms with Crippen molar-refractivity contribution in [3.05, 3.63) is 82.7 Å². The molecule has 3 amide bonds. The minimum Gasteiger partial charge on any atom is -0.323 e. The minimum atomic E-state index is -0.315. The van der Waals surface area contributed by atoms with Gasteiger partial charge in [-0.2, -0.15) is 0 Å². The predicted molar refractivity (Wildman–Crippen MR) is 127 cm³/mol. The maximum Gasteiger partial charge on any atom is 0.275 e. The summed E-state index contributed by atoms with van der Waals surface area (Å²) in [6, 6.07) is 17.7. The number of rotatable bonds is 4. The number of carbonyl (C=O) groups is 3. The summed E-state index contributed by atoms with van der Waals surface area (Å²) in [4.78, 5) is 44.5. The number of thiophene rings is 1. The Balaban J connectivity index is 1.30. The van der Waals surface area contributed by atoms with Gasteiger partial charge in [-0.05, 0) is 47.8 Å². The van der Waals surface area contributed by atoms with Crippen molar-refractivity contribution in [3.8, 4) is 9.88 Å². The average molecular weight is 461 g/mol. The summed E-state index contributed by atoms with van der Waals surface area (Å²) in [5.74, 6) is -0.846. The van der Waals surface area contributed by atoms with E-state index in [0.29, 0.717) is 28.3 Å². The first kappa shape index (κ1) is 20.1. The van der Waals surface area contributed by atoms with Gasteiger partial charge in [-0.1, -0.05) is 18.2 Å². The first-order valence-corrected chi connectivity index (χ1v) is 11.5. The molecule has 0 fully saturated rings. The highest BCUT2D eigenvalue weighted by molar-refractivity contribution is 7.20. The molecule has 2 N–H and O–H groups in total. The number of fused-ring (bicyclic) bond motifs is 1. The summed E-state index contributed by atoms with van der Waals surface area (Å²) in [6.07, 6.45) is 0. The van der Waals surface area contributed by atoms with Crippen LogP contribution in [0.15, 0.2) is 71.4 Å². The van der Waals surface area contributed by atoms with Crippen molar-refractivity contribution in [1.29, 1.82) is 0 Å². The van der Waals surface area contributed by atoms with Crippen LogP contribution in [0, 0.1) is 0 Å². The number of nitrogens with one attached hydrogen (secondary N) is 2. The Hall–Kier alpha value is -3.82. The number of hydrogen-bond acceptors (Lipinski definition) is 6. The average Bonchev–Trinajstić information content (AvgIpc) is 3.50. The number of anilines is 3. The summed E-state index contributed by atoms with van der Waals surface area (Å²) < 4.78 is 0. The molecule has 1 aliphatic heterocycles. The lowest BCUT2D eigenvalue weighted by Crippen LogP contribution is -2.42. The molecule has 32 heavy (non-hydrogen) atoms. The lowest BCUT2D eigenvalue weighted by atomic mass is 10.1. The van der Waals surface area contributed by atoms with Gasteiger partial charge in [0.25, 0.3) is 11.8 Å². The summed E-state index contributed by atoms with van der Waals surface area (Å²) in [5.41, 5.74) is 2.57. The van der Waals surface area contributed by atoms with E-state index in [4.69, 9.17) is 0 Å². The van der Waals surface area contributed by atoms with Crippen LogP contribution in [0.4, 0.5) is 17.1 Å². The Morgan fingerprint density at radius 3 is 2.59 bits per heavy atom. The van der Waals surface area contributed by atoms with Crippen molar-refractivity contribution < 1.29 is 14.4 Å². The van der Waals surface area contributed by atoms with Gasteiger partial charge in [-0.25, -0.2) is 4.98 Å². The van der Waals surface area contributed by atoms with E-state index in [1.165, 1.54) is 16.2 Å². The van der Waals surface area contributed by atoms with E-state index in [-0.39, 0.29) is 24.3 Å². The van der Waals surface area contributed by atoms with Gasteiger partial charge >= 0.3 is 0 Å². The third-order valence-corrected chi connectivity index (χ3v) is 6.76. The molecular weight excluding hydrogens is 444 g/mol. The molecule has 0 unspecified atom stereocenters. The van der Waals surface area contributed by atoms with Crippen molar-refractivity contribution in [2.75, 3.05) is 22.1 Å². The number of para-hydroxylation sites is 2. The Kier molecular flexibility index (Phi) is 5.26. The molecule has 2 aromatic carbocycles. The topological polar surface area (TPSA) is 91.4 Å². The fraction of sp³-hybridized carbons (Fsp3) is 0.0435. The van der Waals surface area contributed by atoms with E-state index >= 15 is 0 Å². The zero-order valence-electron chi connectivity index (χ0n) is 16.6. The van der Waals surface area contributed by atoms with Crippen LogP contribution in [-0.4, -0.2) is 29.3 Å². The van der Waals surface area contributed by atoms with Crippen LogP contribution >= 0.6 is 22.7 Å². The highest BCUT2D eigenvalue weighted by Crippen LogP contribution is 2.30. The number of nitrogens with zero attached hydrogens (tertiary/aromatic N) is 2. The Labute approximate surface area is 191 Å². The van der Waals surface area contributed by atoms with Gasteiger partial charge in [0.15, 0.2) is 0 Å². The van der Waals surface area contributed by atoms with Gasteiger partial charge < -0.3 is 10.6 Å². The number of carbonyl (C=O) groups excluding carboxylic acids is 3. The lowest BCUT2D eigenvalue weighted by Gasteiger charge is -2.29. The maximum absolute atomic E-state index is 13.0. The fourth-order valence-electron chi connectivity index (χ4n) is 3.35. The second-order valence-electron chi connectivity index (χ2n) is 7.00. The quantitative estimate of drug-likeness (QED) is 0.461. The van der Waals surface area contributed by atoms with Gasteiger partial charge in [0, 0.05) is 16.6 Å². The molecule has 1 aliphatic rings. The summed E-state index contributed by atoms with van der Waals surface area (Å²) in [6.45, 7) is -0.0509. The normalized spacial score (nSPS) is 12.8. The van der Waals surface area contributed by atoms with Crippen LogP contribution in [0.2, 0.25) is 0 Å². The molecule has 5 rings (SSSR count). The molecule has 7 nitrogen and oxygen atoms in total. The minimum absolute atomic E-state index is 0.0509. The van der Waals surface area contributed by atoms with E-state index in [1.54, 1.807) is 59.2 Å². The second kappa shape index (κ2) is 8.37. The molecule has 0 saturated carbocycles. The van der Waals surface area contributed by atoms with Crippen molar-refractivity contribution in [1.82, 2.24) is 4.98 Å². The zero-order valence-corrected chi connectivity index (χ0v) is 18.2. The van der Waals surface area contributed by atoms with Crippen LogP contribution < -0.4 is 15.5 Å². The van der Waals surface area contributed by atoms with Gasteiger partial charge in [0.2, 0.25) is 5.91 Å². The third-order valence-electron chi connectivity index (χ3n) is 4.87. The van der Waals surface area contributed by atoms with Gasteiger partial charge in [0.1, 0.15) is 17.2 Å². The Bertz CT molecular complexity index is 1310. The van der Waals surface area contributed by atoms with Crippen molar-refractivity contribution in [2.24, 2.45) is 0 Å². The van der Waals surface area contributed by atoms with E-state index in [2.05, 4.69) is 15.6 Å². The van der Waals surface area contributed by atoms with E-state index < -0.39 is 0 Å². The third kappa shape index (κ3) is 3.91. The molecular formula is C23H16N4O3S2. The van der Waals surface area contributed by atoms with E-state index in [9.17, 15) is 14.4 Å². The van der Waals surface area contributed by atoms with E-state index in [0.717, 1.165) is 9.88 Å². The number of aromatic nitrogens is 1. The summed E-state index contributed by atoms with van der Waals surface area (Å²) >= 11 is 2.99. The van der Waals surface area contributed by atoms with Crippen LogP contribution in [0.5, 0.6) is 0 Å². The van der Waals surface area contributed by atoms with Crippen molar-refractivity contribution in [3.63, 3.8) is 0 Å². The molecule has 0 bridgehead atoms. The highest BCUT2D eigenvalue weighted by Gasteiger charge is 2.27. The largest absolute Gasteiger partial charge is 0.323 e. The standard InChI is InChI=1S/C23H16N4O3S2/c28-20-12-27(18-5-2-1-4-16(18)25-20)23(30)14-7-9-15(10-8-14)24-21(29)17-13-32-22(26-17)19-6-3-11-31-19/h1-11,13H,12H2,(H,24,29)(H,25,28). The number of benzene rings is 2. The smallest absolute Gasteiger partial charge is 0.275 e. The van der Waals surface area contributed by atoms with Crippen LogP contribution in [-0.2, 0) is 4.79 Å². The molecule has 2 aromatic heterocycles. The lowest BCUT2D eigenvalue weighted by molar-refractivity contribution is -0.115. The second-order valence-corrected chi connectivity index (χ2v) is 8.81. The molecule has 0 atom stereocenters. The van der Waals surface area contributed by atoms with Crippen LogP contribution in [0.1, 0.15) is 20.8 Å². The highest BCUT2D eigenvalue weighted by atomic mass is 32.1. The van der Waals surface area contributed by atoms with E-state index in [1.807, 2.05) is 23.6 Å². The summed E-state index contributed by atoms with van der Waals surface area (Å²) in [5, 5.41) is 10.1. The summed E-state index contributed by atoms with van der Waals surface area (Å²) in [7, 11) is 0. The number of amides is 3. The van der Waals surface area contributed by atoms with Crippen molar-refractivity contribution >= 4 is 57.5 Å². The van der Waals surface area contributed by atoms with Gasteiger partial charge in [0.05, 0.1) is 16.3 Å². The molecule has 158 valence electrons. The number of thiazole rings is 1. The van der Waals surface area contributed by atoms with Gasteiger partial charge in [-0.3, -0.25) is 19.3 Å². The molecule has 4 aromatic rings. The first-order valence-electron chi connectivity index (χ1n) is 9.70. The zero-order chi connectivity index (χ0) is 22.1. The van der Waals surface area contributed by atoms with Crippen LogP contribution in [0.3, 0.4) is 0 Å². The first-order chi connectivity index (χ1) is 15.6. The van der Waals surface area contributed by atoms with Crippen molar-refractivity contribution in [2.45, 2.75) is 0 Å². The molecule has 9 heteroatoms. The van der Waals surface area contributed by atoms with Crippen LogP contribution in [0.25, 0.3) is 9.88 Å². The fourth-order valence-corrected chi connectivity index (χ4v) is 4.97. The monoisotopic (exact) mass is 460 g/mol. The molecule has 0 radical (unpaired) electrons. The predicted octanol–water partition coefficient (Wildman–Crippen LogP) is 4.72.